The van der Waals surface area contributed by atoms with Crippen molar-refractivity contribution in [3.63, 3.8) is 0 Å². The summed E-state index contributed by atoms with van der Waals surface area (Å²) in [7, 11) is 0. The first-order valence-corrected chi connectivity index (χ1v) is 13.2. The number of halogens is 2. The summed E-state index contributed by atoms with van der Waals surface area (Å²) in [6, 6.07) is 7.74. The molecule has 0 fully saturated rings. The SMILES string of the molecule is CCC1=Cc2ccccc2[CH]1[Zr]([F])([F])[C]1(C)C(C)=C(C)C(C)=C1C. The van der Waals surface area contributed by atoms with Gasteiger partial charge in [-0.1, -0.05) is 0 Å². The van der Waals surface area contributed by atoms with Crippen LogP contribution in [-0.2, 0) is 21.5 Å². The topological polar surface area (TPSA) is 0 Å². The normalized spacial score (nSPS) is 23.0. The molecule has 0 radical (unpaired) electrons. The average molecular weight is 408 g/mol. The maximum atomic E-state index is 16.3. The molecule has 1 atom stereocenters. The van der Waals surface area contributed by atoms with Crippen molar-refractivity contribution in [2.45, 2.75) is 54.7 Å². The number of hydrogen-bond acceptors (Lipinski definition) is 0. The van der Waals surface area contributed by atoms with Gasteiger partial charge in [-0.15, -0.1) is 0 Å². The van der Waals surface area contributed by atoms with Gasteiger partial charge in [-0.05, 0) is 0 Å². The van der Waals surface area contributed by atoms with Crippen LogP contribution in [0.5, 0.6) is 0 Å². The number of rotatable bonds is 3. The van der Waals surface area contributed by atoms with Crippen molar-refractivity contribution in [2.24, 2.45) is 0 Å². The van der Waals surface area contributed by atoms with Gasteiger partial charge >= 0.3 is 151 Å². The molecule has 0 saturated heterocycles. The Balaban J connectivity index is 2.20. The molecule has 0 aliphatic heterocycles. The Morgan fingerprint density at radius 2 is 1.54 bits per heavy atom. The molecule has 0 bridgehead atoms. The number of fused-ring (bicyclic) bond motifs is 1. The summed E-state index contributed by atoms with van der Waals surface area (Å²) < 4.78 is 30.9. The van der Waals surface area contributed by atoms with Crippen LogP contribution in [0.2, 0.25) is 3.12 Å². The fraction of sp³-hybridized carbons (Fsp3) is 0.429. The predicted octanol–water partition coefficient (Wildman–Crippen LogP) is 7.32. The second kappa shape index (κ2) is 5.87. The van der Waals surface area contributed by atoms with E-state index in [1.807, 2.05) is 71.9 Å². The van der Waals surface area contributed by atoms with Crippen LogP contribution in [0.25, 0.3) is 6.08 Å². The fourth-order valence-corrected chi connectivity index (χ4v) is 12.8. The summed E-state index contributed by atoms with van der Waals surface area (Å²) in [5, 5.41) is 0. The third-order valence-corrected chi connectivity index (χ3v) is 15.2. The molecule has 1 aromatic carbocycles. The molecule has 1 unspecified atom stereocenters. The molecule has 0 amide bonds. The number of allylic oxidation sites excluding steroid dienone is 5. The molecule has 2 aliphatic carbocycles. The Morgan fingerprint density at radius 3 is 2.08 bits per heavy atom. The van der Waals surface area contributed by atoms with Gasteiger partial charge in [0.25, 0.3) is 0 Å². The average Bonchev–Trinajstić information content (AvgIpc) is 3.02. The van der Waals surface area contributed by atoms with Gasteiger partial charge in [0.15, 0.2) is 0 Å². The van der Waals surface area contributed by atoms with Gasteiger partial charge in [-0.2, -0.15) is 0 Å². The zero-order chi connectivity index (χ0) is 17.9. The van der Waals surface area contributed by atoms with E-state index in [1.165, 1.54) is 0 Å². The van der Waals surface area contributed by atoms with Crippen LogP contribution >= 0.6 is 0 Å². The zero-order valence-corrected chi connectivity index (χ0v) is 17.9. The summed E-state index contributed by atoms with van der Waals surface area (Å²) in [6.07, 6.45) is 2.71. The molecular formula is C21H26F2Zr. The van der Waals surface area contributed by atoms with Gasteiger partial charge in [-0.25, -0.2) is 0 Å². The van der Waals surface area contributed by atoms with Gasteiger partial charge in [0.2, 0.25) is 0 Å². The molecule has 128 valence electrons. The zero-order valence-electron chi connectivity index (χ0n) is 15.4. The van der Waals surface area contributed by atoms with Gasteiger partial charge in [0.05, 0.1) is 0 Å². The fourth-order valence-electron chi connectivity index (χ4n) is 4.50. The molecule has 3 rings (SSSR count). The van der Waals surface area contributed by atoms with Crippen LogP contribution in [0.3, 0.4) is 0 Å². The van der Waals surface area contributed by atoms with E-state index < -0.39 is 28.2 Å². The molecule has 2 aliphatic rings. The Hall–Kier alpha value is -0.817. The van der Waals surface area contributed by atoms with Gasteiger partial charge in [0.1, 0.15) is 0 Å². The predicted molar refractivity (Wildman–Crippen MR) is 94.8 cm³/mol. The second-order valence-corrected chi connectivity index (χ2v) is 14.3. The molecular weight excluding hydrogens is 381 g/mol. The molecule has 24 heavy (non-hydrogen) atoms. The van der Waals surface area contributed by atoms with E-state index in [-0.39, 0.29) is 0 Å². The second-order valence-electron chi connectivity index (χ2n) is 7.38. The third kappa shape index (κ3) is 2.16. The summed E-state index contributed by atoms with van der Waals surface area (Å²) in [6.45, 7) is 11.7. The van der Waals surface area contributed by atoms with E-state index in [0.717, 1.165) is 39.0 Å². The standard InChI is InChI=1S/C11H11.C10H15.2FH.Zr/c1-2-9-7-10-5-3-4-6-11(10)8-9;1-6-7(2)9(4)10(5)8(6)3;;;/h3-8H,2H2,1H3;1-5H3;2*1H;/q;;;;+2/p-2. The molecule has 1 aromatic rings. The van der Waals surface area contributed by atoms with Crippen molar-refractivity contribution in [3.8, 4) is 0 Å². The molecule has 0 aromatic heterocycles. The van der Waals surface area contributed by atoms with E-state index in [4.69, 9.17) is 0 Å². The van der Waals surface area contributed by atoms with Gasteiger partial charge < -0.3 is 0 Å². The van der Waals surface area contributed by atoms with E-state index in [9.17, 15) is 0 Å². The van der Waals surface area contributed by atoms with Gasteiger partial charge in [-0.3, -0.25) is 0 Å². The van der Waals surface area contributed by atoms with E-state index >= 15 is 5.25 Å². The summed E-state index contributed by atoms with van der Waals surface area (Å²) in [5.74, 6) is 0. The van der Waals surface area contributed by atoms with Crippen LogP contribution in [0.1, 0.15) is 62.7 Å². The molecule has 0 spiro atoms. The van der Waals surface area contributed by atoms with Crippen molar-refractivity contribution in [2.75, 3.05) is 0 Å². The third-order valence-electron chi connectivity index (χ3n) is 6.64. The monoisotopic (exact) mass is 406 g/mol. The molecule has 0 heterocycles. The van der Waals surface area contributed by atoms with Crippen molar-refractivity contribution in [1.82, 2.24) is 0 Å². The maximum absolute atomic E-state index is 16.3. The minimum absolute atomic E-state index is 0.630. The molecule has 0 nitrogen and oxygen atoms in total. The Labute approximate surface area is 150 Å². The number of hydrogen-bond donors (Lipinski definition) is 0. The molecule has 3 heteroatoms. The summed E-state index contributed by atoms with van der Waals surface area (Å²) >= 11 is -5.62. The van der Waals surface area contributed by atoms with E-state index in [1.54, 1.807) is 0 Å². The van der Waals surface area contributed by atoms with E-state index in [0.29, 0.717) is 6.42 Å². The van der Waals surface area contributed by atoms with Crippen molar-refractivity contribution >= 4 is 6.08 Å². The van der Waals surface area contributed by atoms with Crippen molar-refractivity contribution in [1.29, 1.82) is 0 Å². The van der Waals surface area contributed by atoms with Crippen LogP contribution in [0.4, 0.5) is 5.25 Å². The van der Waals surface area contributed by atoms with E-state index in [2.05, 4.69) is 0 Å². The number of benzene rings is 1. The summed E-state index contributed by atoms with van der Waals surface area (Å²) in [4.78, 5) is 0. The van der Waals surface area contributed by atoms with Crippen LogP contribution in [0.15, 0.2) is 52.1 Å². The Bertz CT molecular complexity index is 772. The van der Waals surface area contributed by atoms with Gasteiger partial charge in [0, 0.05) is 0 Å². The first kappa shape index (κ1) is 18.0. The Kier molecular flexibility index (Phi) is 4.40. The van der Waals surface area contributed by atoms with Crippen LogP contribution in [-0.4, -0.2) is 0 Å². The van der Waals surface area contributed by atoms with Crippen LogP contribution in [0, 0.1) is 0 Å². The van der Waals surface area contributed by atoms with Crippen molar-refractivity contribution in [3.05, 3.63) is 63.3 Å². The van der Waals surface area contributed by atoms with Crippen LogP contribution < -0.4 is 0 Å². The first-order valence-electron chi connectivity index (χ1n) is 8.71. The summed E-state index contributed by atoms with van der Waals surface area (Å²) in [5.41, 5.74) is 6.73. The molecule has 0 saturated carbocycles. The minimum atomic E-state index is -5.62. The molecule has 0 N–H and O–H groups in total. The quantitative estimate of drug-likeness (QED) is 0.492. The van der Waals surface area contributed by atoms with Crippen molar-refractivity contribution < 1.29 is 26.7 Å². The first-order chi connectivity index (χ1) is 11.2. The Morgan fingerprint density at radius 1 is 1.00 bits per heavy atom.